The Hall–Kier alpha value is -2.01. The number of pyridine rings is 1. The summed E-state index contributed by atoms with van der Waals surface area (Å²) in [5, 5.41) is 2.65. The van der Waals surface area contributed by atoms with Crippen LogP contribution < -0.4 is 11.1 Å². The molecular weight excluding hydrogens is 246 g/mol. The number of benzene rings is 1. The van der Waals surface area contributed by atoms with Gasteiger partial charge in [0.15, 0.2) is 0 Å². The molecule has 1 amide bonds. The van der Waals surface area contributed by atoms with Gasteiger partial charge in [0, 0.05) is 23.0 Å². The lowest BCUT2D eigenvalue weighted by Gasteiger charge is -2.24. The third kappa shape index (κ3) is 1.93. The maximum Gasteiger partial charge on any atom is 0.242 e. The molecule has 1 aliphatic rings. The van der Waals surface area contributed by atoms with Crippen LogP contribution in [0.2, 0.25) is 0 Å². The second kappa shape index (κ2) is 4.34. The van der Waals surface area contributed by atoms with Crippen LogP contribution in [0.4, 0.5) is 11.4 Å². The Morgan fingerprint density at radius 1 is 1.22 bits per heavy atom. The molecule has 0 radical (unpaired) electrons. The molecule has 0 bridgehead atoms. The van der Waals surface area contributed by atoms with Crippen LogP contribution in [0.15, 0.2) is 47.6 Å². The van der Waals surface area contributed by atoms with Gasteiger partial charge in [-0.2, -0.15) is 0 Å². The molecule has 1 atom stereocenters. The molecule has 90 valence electrons. The average molecular weight is 257 g/mol. The minimum absolute atomic E-state index is 0.0107. The van der Waals surface area contributed by atoms with Gasteiger partial charge >= 0.3 is 0 Å². The number of carbonyl (C=O) groups is 1. The zero-order chi connectivity index (χ0) is 12.5. The first-order valence-electron chi connectivity index (χ1n) is 5.51. The number of rotatable bonds is 1. The van der Waals surface area contributed by atoms with Gasteiger partial charge in [0.1, 0.15) is 5.25 Å². The highest BCUT2D eigenvalue weighted by molar-refractivity contribution is 8.00. The number of hydrogen-bond donors (Lipinski definition) is 2. The Labute approximate surface area is 109 Å². The van der Waals surface area contributed by atoms with Crippen molar-refractivity contribution in [3.05, 3.63) is 48.3 Å². The molecule has 0 aliphatic carbocycles. The minimum Gasteiger partial charge on any atom is -0.399 e. The third-order valence-corrected chi connectivity index (χ3v) is 4.07. The Morgan fingerprint density at radius 2 is 2.00 bits per heavy atom. The second-order valence-electron chi connectivity index (χ2n) is 4.02. The van der Waals surface area contributed by atoms with Crippen molar-refractivity contribution in [3.63, 3.8) is 0 Å². The van der Waals surface area contributed by atoms with E-state index in [0.717, 1.165) is 16.1 Å². The number of aromatic nitrogens is 1. The predicted octanol–water partition coefficient (Wildman–Crippen LogP) is 2.45. The van der Waals surface area contributed by atoms with Crippen LogP contribution in [0, 0.1) is 0 Å². The molecule has 0 fully saturated rings. The van der Waals surface area contributed by atoms with Gasteiger partial charge in [-0.15, -0.1) is 11.8 Å². The highest BCUT2D eigenvalue weighted by atomic mass is 32.2. The Balaban J connectivity index is 1.99. The van der Waals surface area contributed by atoms with E-state index in [1.807, 2.05) is 24.3 Å². The van der Waals surface area contributed by atoms with Crippen molar-refractivity contribution in [3.8, 4) is 0 Å². The lowest BCUT2D eigenvalue weighted by atomic mass is 10.1. The second-order valence-corrected chi connectivity index (χ2v) is 5.17. The van der Waals surface area contributed by atoms with Crippen LogP contribution in [0.5, 0.6) is 0 Å². The van der Waals surface area contributed by atoms with Crippen molar-refractivity contribution in [2.45, 2.75) is 10.1 Å². The number of amides is 1. The summed E-state index contributed by atoms with van der Waals surface area (Å²) in [7, 11) is 0. The van der Waals surface area contributed by atoms with E-state index in [9.17, 15) is 4.79 Å². The van der Waals surface area contributed by atoms with Crippen molar-refractivity contribution >= 4 is 29.0 Å². The van der Waals surface area contributed by atoms with Gasteiger partial charge in [0.2, 0.25) is 5.91 Å². The van der Waals surface area contributed by atoms with Crippen molar-refractivity contribution in [1.82, 2.24) is 4.98 Å². The molecule has 2 heterocycles. The normalized spacial score (nSPS) is 18.0. The Morgan fingerprint density at radius 3 is 2.78 bits per heavy atom. The first-order valence-corrected chi connectivity index (χ1v) is 6.39. The first kappa shape index (κ1) is 11.1. The molecule has 3 N–H and O–H groups in total. The minimum atomic E-state index is -0.248. The molecule has 1 unspecified atom stereocenters. The zero-order valence-corrected chi connectivity index (χ0v) is 10.3. The summed E-state index contributed by atoms with van der Waals surface area (Å²) in [5.41, 5.74) is 8.23. The summed E-state index contributed by atoms with van der Waals surface area (Å²) in [6.07, 6.45) is 3.39. The molecule has 5 heteroatoms. The smallest absolute Gasteiger partial charge is 0.242 e. The number of nitrogens with zero attached hydrogens (tertiary/aromatic N) is 1. The fourth-order valence-electron chi connectivity index (χ4n) is 1.88. The molecule has 0 saturated heterocycles. The van der Waals surface area contributed by atoms with Crippen molar-refractivity contribution in [2.75, 3.05) is 11.1 Å². The molecule has 1 aliphatic heterocycles. The van der Waals surface area contributed by atoms with E-state index >= 15 is 0 Å². The maximum atomic E-state index is 12.1. The van der Waals surface area contributed by atoms with E-state index < -0.39 is 0 Å². The van der Waals surface area contributed by atoms with E-state index in [0.29, 0.717) is 5.69 Å². The molecule has 3 rings (SSSR count). The largest absolute Gasteiger partial charge is 0.399 e. The predicted molar refractivity (Wildman–Crippen MR) is 72.3 cm³/mol. The standard InChI is InChI=1S/C13H11N3OS/c14-9-1-2-10-11(7-9)18-12(13(17)16-10)8-3-5-15-6-4-8/h1-7,12H,14H2,(H,16,17). The maximum absolute atomic E-state index is 12.1. The molecule has 1 aromatic carbocycles. The summed E-state index contributed by atoms with van der Waals surface area (Å²) >= 11 is 1.51. The molecular formula is C13H11N3OS. The van der Waals surface area contributed by atoms with E-state index in [1.165, 1.54) is 11.8 Å². The quantitative estimate of drug-likeness (QED) is 0.770. The zero-order valence-electron chi connectivity index (χ0n) is 9.46. The highest BCUT2D eigenvalue weighted by Gasteiger charge is 2.28. The van der Waals surface area contributed by atoms with Gasteiger partial charge in [0.25, 0.3) is 0 Å². The molecule has 2 aromatic rings. The topological polar surface area (TPSA) is 68.0 Å². The summed E-state index contributed by atoms with van der Waals surface area (Å²) < 4.78 is 0. The van der Waals surface area contributed by atoms with Gasteiger partial charge < -0.3 is 11.1 Å². The first-order chi connectivity index (χ1) is 8.74. The van der Waals surface area contributed by atoms with Crippen LogP contribution in [-0.2, 0) is 4.79 Å². The number of nitrogens with two attached hydrogens (primary N) is 1. The Kier molecular flexibility index (Phi) is 2.68. The van der Waals surface area contributed by atoms with Gasteiger partial charge in [-0.05, 0) is 35.9 Å². The SMILES string of the molecule is Nc1ccc2c(c1)SC(c1ccncc1)C(=O)N2. The monoisotopic (exact) mass is 257 g/mol. The molecule has 4 nitrogen and oxygen atoms in total. The number of hydrogen-bond acceptors (Lipinski definition) is 4. The Bertz CT molecular complexity index is 600. The van der Waals surface area contributed by atoms with Gasteiger partial charge in [-0.1, -0.05) is 0 Å². The fourth-order valence-corrected chi connectivity index (χ4v) is 3.04. The molecule has 0 spiro atoms. The van der Waals surface area contributed by atoms with Crippen LogP contribution in [-0.4, -0.2) is 10.9 Å². The molecule has 1 aromatic heterocycles. The summed E-state index contributed by atoms with van der Waals surface area (Å²) in [6.45, 7) is 0. The van der Waals surface area contributed by atoms with Crippen molar-refractivity contribution in [2.24, 2.45) is 0 Å². The lowest BCUT2D eigenvalue weighted by Crippen LogP contribution is -2.23. The van der Waals surface area contributed by atoms with E-state index in [2.05, 4.69) is 10.3 Å². The molecule has 0 saturated carbocycles. The fraction of sp³-hybridized carbons (Fsp3) is 0.0769. The van der Waals surface area contributed by atoms with E-state index in [-0.39, 0.29) is 11.2 Å². The lowest BCUT2D eigenvalue weighted by molar-refractivity contribution is -0.115. The van der Waals surface area contributed by atoms with Gasteiger partial charge in [0.05, 0.1) is 5.69 Å². The summed E-state index contributed by atoms with van der Waals surface area (Å²) in [4.78, 5) is 17.0. The summed E-state index contributed by atoms with van der Waals surface area (Å²) in [5.74, 6) is -0.0107. The molecule has 18 heavy (non-hydrogen) atoms. The number of thioether (sulfide) groups is 1. The average Bonchev–Trinajstić information content (AvgIpc) is 2.39. The number of nitrogens with one attached hydrogen (secondary N) is 1. The van der Waals surface area contributed by atoms with Crippen LogP contribution >= 0.6 is 11.8 Å². The summed E-state index contributed by atoms with van der Waals surface area (Å²) in [6, 6.07) is 9.21. The van der Waals surface area contributed by atoms with E-state index in [1.54, 1.807) is 18.5 Å². The van der Waals surface area contributed by atoms with Crippen LogP contribution in [0.1, 0.15) is 10.8 Å². The third-order valence-electron chi connectivity index (χ3n) is 2.76. The number of carbonyl (C=O) groups excluding carboxylic acids is 1. The van der Waals surface area contributed by atoms with Crippen LogP contribution in [0.25, 0.3) is 0 Å². The van der Waals surface area contributed by atoms with E-state index in [4.69, 9.17) is 5.73 Å². The van der Waals surface area contributed by atoms with Crippen molar-refractivity contribution < 1.29 is 4.79 Å². The van der Waals surface area contributed by atoms with Crippen molar-refractivity contribution in [1.29, 1.82) is 0 Å². The number of anilines is 2. The highest BCUT2D eigenvalue weighted by Crippen LogP contribution is 2.44. The van der Waals surface area contributed by atoms with Crippen LogP contribution in [0.3, 0.4) is 0 Å². The van der Waals surface area contributed by atoms with Gasteiger partial charge in [-0.3, -0.25) is 9.78 Å². The number of fused-ring (bicyclic) bond motifs is 1. The number of nitrogen functional groups attached to an aromatic ring is 1. The van der Waals surface area contributed by atoms with Gasteiger partial charge in [-0.25, -0.2) is 0 Å².